The highest BCUT2D eigenvalue weighted by Crippen LogP contribution is 2.40. The molecule has 0 saturated heterocycles. The number of carbonyl (C=O) groups is 1. The minimum atomic E-state index is -2.92. The van der Waals surface area contributed by atoms with Gasteiger partial charge in [0.1, 0.15) is 5.75 Å². The summed E-state index contributed by atoms with van der Waals surface area (Å²) < 4.78 is 30.9. The number of aryl methyl sites for hydroxylation is 2. The highest BCUT2D eigenvalue weighted by atomic mass is 19.3. The molecule has 0 aliphatic heterocycles. The number of anilines is 1. The molecule has 1 saturated carbocycles. The number of ether oxygens (including phenoxy) is 1. The van der Waals surface area contributed by atoms with Crippen molar-refractivity contribution < 1.29 is 18.3 Å². The van der Waals surface area contributed by atoms with Gasteiger partial charge >= 0.3 is 6.61 Å². The first-order chi connectivity index (χ1) is 12.9. The summed E-state index contributed by atoms with van der Waals surface area (Å²) in [6.07, 6.45) is 2.12. The SMILES string of the molecule is Cc1nn(C)c2nc(C3CC3)cc(C(=O)Nc3cccc(OC(F)F)c3)c12. The number of halogens is 2. The highest BCUT2D eigenvalue weighted by Gasteiger charge is 2.28. The summed E-state index contributed by atoms with van der Waals surface area (Å²) in [4.78, 5) is 17.6. The molecule has 8 heteroatoms. The van der Waals surface area contributed by atoms with Crippen LogP contribution in [0.1, 0.15) is 40.5 Å². The summed E-state index contributed by atoms with van der Waals surface area (Å²) in [5, 5.41) is 7.83. The van der Waals surface area contributed by atoms with Crippen LogP contribution in [0.2, 0.25) is 0 Å². The Hall–Kier alpha value is -3.03. The largest absolute Gasteiger partial charge is 0.435 e. The van der Waals surface area contributed by atoms with Gasteiger partial charge in [-0.2, -0.15) is 13.9 Å². The van der Waals surface area contributed by atoms with E-state index >= 15 is 0 Å². The van der Waals surface area contributed by atoms with E-state index < -0.39 is 6.61 Å². The Morgan fingerprint density at radius 1 is 1.33 bits per heavy atom. The Bertz CT molecular complexity index is 1030. The van der Waals surface area contributed by atoms with Gasteiger partial charge in [0.05, 0.1) is 16.6 Å². The van der Waals surface area contributed by atoms with Gasteiger partial charge in [-0.3, -0.25) is 9.48 Å². The number of carbonyl (C=O) groups excluding carboxylic acids is 1. The van der Waals surface area contributed by atoms with E-state index in [0.29, 0.717) is 33.9 Å². The molecule has 1 N–H and O–H groups in total. The van der Waals surface area contributed by atoms with Crippen molar-refractivity contribution >= 4 is 22.6 Å². The van der Waals surface area contributed by atoms with Gasteiger partial charge in [-0.1, -0.05) is 6.07 Å². The van der Waals surface area contributed by atoms with E-state index in [4.69, 9.17) is 0 Å². The maximum absolute atomic E-state index is 13.0. The first-order valence-corrected chi connectivity index (χ1v) is 8.63. The normalized spacial score (nSPS) is 14.0. The second-order valence-electron chi connectivity index (χ2n) is 6.64. The van der Waals surface area contributed by atoms with Crippen LogP contribution in [-0.2, 0) is 7.05 Å². The van der Waals surface area contributed by atoms with Crippen molar-refractivity contribution in [2.75, 3.05) is 5.32 Å². The fraction of sp³-hybridized carbons (Fsp3) is 0.316. The smallest absolute Gasteiger partial charge is 0.387 e. The van der Waals surface area contributed by atoms with Gasteiger partial charge in [0, 0.05) is 30.4 Å². The van der Waals surface area contributed by atoms with Crippen molar-refractivity contribution in [2.45, 2.75) is 32.3 Å². The topological polar surface area (TPSA) is 69.0 Å². The fourth-order valence-corrected chi connectivity index (χ4v) is 3.18. The standard InChI is InChI=1S/C19H18F2N4O2/c1-10-16-14(9-15(11-6-7-11)23-17(16)25(2)24-10)18(26)22-12-4-3-5-13(8-12)27-19(20)21/h3-5,8-9,11,19H,6-7H2,1-2H3,(H,22,26). The number of rotatable bonds is 5. The van der Waals surface area contributed by atoms with Gasteiger partial charge in [-0.25, -0.2) is 4.98 Å². The zero-order valence-electron chi connectivity index (χ0n) is 14.9. The van der Waals surface area contributed by atoms with E-state index in [1.165, 1.54) is 12.1 Å². The van der Waals surface area contributed by atoms with E-state index in [2.05, 4.69) is 20.1 Å². The van der Waals surface area contributed by atoms with Crippen molar-refractivity contribution in [1.29, 1.82) is 0 Å². The third-order valence-corrected chi connectivity index (χ3v) is 4.55. The highest BCUT2D eigenvalue weighted by molar-refractivity contribution is 6.12. The van der Waals surface area contributed by atoms with Crippen LogP contribution >= 0.6 is 0 Å². The molecule has 1 aliphatic rings. The number of fused-ring (bicyclic) bond motifs is 1. The lowest BCUT2D eigenvalue weighted by molar-refractivity contribution is -0.0497. The zero-order chi connectivity index (χ0) is 19.1. The van der Waals surface area contributed by atoms with Crippen LogP contribution in [0.15, 0.2) is 30.3 Å². The summed E-state index contributed by atoms with van der Waals surface area (Å²) in [6, 6.07) is 7.74. The molecule has 1 aromatic carbocycles. The van der Waals surface area contributed by atoms with Crippen LogP contribution in [-0.4, -0.2) is 27.3 Å². The van der Waals surface area contributed by atoms with Crippen molar-refractivity contribution in [3.63, 3.8) is 0 Å². The van der Waals surface area contributed by atoms with Gasteiger partial charge in [0.2, 0.25) is 0 Å². The summed E-state index contributed by atoms with van der Waals surface area (Å²) in [5.74, 6) is 0.0208. The van der Waals surface area contributed by atoms with E-state index in [0.717, 1.165) is 18.5 Å². The molecule has 0 atom stereocenters. The lowest BCUT2D eigenvalue weighted by Crippen LogP contribution is -2.14. The molecular formula is C19H18F2N4O2. The number of benzene rings is 1. The van der Waals surface area contributed by atoms with E-state index in [1.807, 2.05) is 13.0 Å². The Morgan fingerprint density at radius 2 is 2.11 bits per heavy atom. The van der Waals surface area contributed by atoms with E-state index in [9.17, 15) is 13.6 Å². The van der Waals surface area contributed by atoms with Crippen molar-refractivity contribution in [3.05, 3.63) is 47.3 Å². The molecule has 0 bridgehead atoms. The maximum Gasteiger partial charge on any atom is 0.387 e. The molecule has 4 rings (SSSR count). The first-order valence-electron chi connectivity index (χ1n) is 8.63. The second kappa shape index (κ2) is 6.61. The quantitative estimate of drug-likeness (QED) is 0.735. The van der Waals surface area contributed by atoms with Crippen LogP contribution < -0.4 is 10.1 Å². The lowest BCUT2D eigenvalue weighted by atomic mass is 10.1. The van der Waals surface area contributed by atoms with Crippen molar-refractivity contribution in [2.24, 2.45) is 7.05 Å². The van der Waals surface area contributed by atoms with Gasteiger partial charge in [-0.15, -0.1) is 0 Å². The number of aromatic nitrogens is 3. The molecule has 2 aromatic heterocycles. The second-order valence-corrected chi connectivity index (χ2v) is 6.64. The first kappa shape index (κ1) is 17.4. The number of amides is 1. The Kier molecular flexibility index (Phi) is 4.25. The van der Waals surface area contributed by atoms with Gasteiger partial charge in [0.25, 0.3) is 5.91 Å². The molecule has 2 heterocycles. The molecule has 140 valence electrons. The number of pyridine rings is 1. The molecular weight excluding hydrogens is 354 g/mol. The Morgan fingerprint density at radius 3 is 2.81 bits per heavy atom. The minimum Gasteiger partial charge on any atom is -0.435 e. The fourth-order valence-electron chi connectivity index (χ4n) is 3.18. The van der Waals surface area contributed by atoms with E-state index in [1.54, 1.807) is 23.9 Å². The number of hydrogen-bond acceptors (Lipinski definition) is 4. The van der Waals surface area contributed by atoms with E-state index in [-0.39, 0.29) is 11.7 Å². The summed E-state index contributed by atoms with van der Waals surface area (Å²) in [7, 11) is 1.80. The van der Waals surface area contributed by atoms with Crippen LogP contribution in [0.4, 0.5) is 14.5 Å². The molecule has 6 nitrogen and oxygen atoms in total. The van der Waals surface area contributed by atoms with Crippen molar-refractivity contribution in [1.82, 2.24) is 14.8 Å². The number of nitrogens with one attached hydrogen (secondary N) is 1. The monoisotopic (exact) mass is 372 g/mol. The maximum atomic E-state index is 13.0. The Labute approximate surface area is 154 Å². The summed E-state index contributed by atoms with van der Waals surface area (Å²) in [6.45, 7) is -1.09. The Balaban J connectivity index is 1.70. The van der Waals surface area contributed by atoms with Gasteiger partial charge < -0.3 is 10.1 Å². The number of nitrogens with zero attached hydrogens (tertiary/aromatic N) is 3. The molecule has 1 aliphatic carbocycles. The van der Waals surface area contributed by atoms with Gasteiger partial charge in [0.15, 0.2) is 5.65 Å². The molecule has 27 heavy (non-hydrogen) atoms. The molecule has 1 amide bonds. The summed E-state index contributed by atoms with van der Waals surface area (Å²) >= 11 is 0. The average molecular weight is 372 g/mol. The lowest BCUT2D eigenvalue weighted by Gasteiger charge is -2.10. The van der Waals surface area contributed by atoms with Crippen LogP contribution in [0.25, 0.3) is 11.0 Å². The average Bonchev–Trinajstić information content (AvgIpc) is 3.41. The molecule has 1 fully saturated rings. The summed E-state index contributed by atoms with van der Waals surface area (Å²) in [5.41, 5.74) is 3.11. The van der Waals surface area contributed by atoms with Crippen molar-refractivity contribution in [3.8, 4) is 5.75 Å². The molecule has 0 unspecified atom stereocenters. The number of alkyl halides is 2. The number of hydrogen-bond donors (Lipinski definition) is 1. The predicted octanol–water partition coefficient (Wildman–Crippen LogP) is 4.01. The van der Waals surface area contributed by atoms with Gasteiger partial charge in [-0.05, 0) is 38.0 Å². The van der Waals surface area contributed by atoms with Crippen LogP contribution in [0, 0.1) is 6.92 Å². The molecule has 0 spiro atoms. The third kappa shape index (κ3) is 3.47. The minimum absolute atomic E-state index is 0.0149. The molecule has 0 radical (unpaired) electrons. The van der Waals surface area contributed by atoms with Crippen LogP contribution in [0.5, 0.6) is 5.75 Å². The zero-order valence-corrected chi connectivity index (χ0v) is 14.9. The molecule has 3 aromatic rings. The predicted molar refractivity (Wildman–Crippen MR) is 96.2 cm³/mol. The van der Waals surface area contributed by atoms with Crippen LogP contribution in [0.3, 0.4) is 0 Å². The third-order valence-electron chi connectivity index (χ3n) is 4.55.